The molecule has 0 saturated heterocycles. The third-order valence-corrected chi connectivity index (χ3v) is 3.80. The Morgan fingerprint density at radius 3 is 2.52 bits per heavy atom. The topological polar surface area (TPSA) is 34.9 Å². The van der Waals surface area contributed by atoms with Gasteiger partial charge in [-0.1, -0.05) is 35.9 Å². The summed E-state index contributed by atoms with van der Waals surface area (Å²) in [6, 6.07) is 12.9. The van der Waals surface area contributed by atoms with Gasteiger partial charge in [-0.05, 0) is 36.8 Å². The summed E-state index contributed by atoms with van der Waals surface area (Å²) in [7, 11) is 0. The largest absolute Gasteiger partial charge is 0.287 e. The Morgan fingerprint density at radius 2 is 1.87 bits per heavy atom. The Balaban J connectivity index is 2.24. The van der Waals surface area contributed by atoms with E-state index in [9.17, 15) is 9.18 Å². The van der Waals surface area contributed by atoms with Crippen LogP contribution >= 0.6 is 11.6 Å². The van der Waals surface area contributed by atoms with Gasteiger partial charge in [0.1, 0.15) is 11.5 Å². The van der Waals surface area contributed by atoms with Crippen LogP contribution in [0, 0.1) is 5.82 Å². The molecule has 0 amide bonds. The zero-order valence-corrected chi connectivity index (χ0v) is 13.2. The summed E-state index contributed by atoms with van der Waals surface area (Å²) >= 11 is 5.90. The molecule has 116 valence electrons. The first-order chi connectivity index (χ1) is 11.1. The Hall–Kier alpha value is -2.46. The number of aromatic nitrogens is 2. The smallest absolute Gasteiger partial charge is 0.215 e. The maximum Gasteiger partial charge on any atom is 0.215 e. The van der Waals surface area contributed by atoms with E-state index in [0.29, 0.717) is 22.7 Å². The first kappa shape index (κ1) is 15.4. The Bertz CT molecular complexity index is 904. The molecule has 0 unspecified atom stereocenters. The average molecular weight is 329 g/mol. The van der Waals surface area contributed by atoms with Crippen molar-refractivity contribution in [1.29, 1.82) is 0 Å². The van der Waals surface area contributed by atoms with Gasteiger partial charge >= 0.3 is 0 Å². The first-order valence-electron chi connectivity index (χ1n) is 7.22. The summed E-state index contributed by atoms with van der Waals surface area (Å²) in [5, 5.41) is 4.92. The summed E-state index contributed by atoms with van der Waals surface area (Å²) in [6.07, 6.45) is 1.70. The molecule has 0 atom stereocenters. The number of nitrogens with zero attached hydrogens (tertiary/aromatic N) is 2. The van der Waals surface area contributed by atoms with Crippen LogP contribution in [0.25, 0.3) is 22.4 Å². The molecule has 0 saturated carbocycles. The van der Waals surface area contributed by atoms with Crippen LogP contribution in [-0.4, -0.2) is 9.78 Å². The summed E-state index contributed by atoms with van der Waals surface area (Å²) in [5.74, 6) is -0.399. The molecule has 3 rings (SSSR count). The maximum atomic E-state index is 13.5. The van der Waals surface area contributed by atoms with Crippen LogP contribution < -0.4 is 5.43 Å². The van der Waals surface area contributed by atoms with Gasteiger partial charge in [0.25, 0.3) is 0 Å². The molecular formula is C18H14ClFN2O. The summed E-state index contributed by atoms with van der Waals surface area (Å²) < 4.78 is 15.2. The second-order valence-corrected chi connectivity index (χ2v) is 5.53. The molecule has 1 heterocycles. The summed E-state index contributed by atoms with van der Waals surface area (Å²) in [5.41, 5.74) is 1.73. The molecule has 5 heteroatoms. The van der Waals surface area contributed by atoms with Gasteiger partial charge in [-0.3, -0.25) is 9.48 Å². The molecule has 0 fully saturated rings. The second kappa shape index (κ2) is 6.34. The standard InChI is InChI=1S/C18H14ClFN2O/c1-2-22-11-16(12-6-8-14(19)9-7-12)18(23)17(21-22)13-4-3-5-15(20)10-13/h3-11H,2H2,1H3. The highest BCUT2D eigenvalue weighted by Crippen LogP contribution is 2.21. The fraction of sp³-hybridized carbons (Fsp3) is 0.111. The molecule has 0 aliphatic heterocycles. The van der Waals surface area contributed by atoms with Crippen molar-refractivity contribution in [1.82, 2.24) is 9.78 Å². The van der Waals surface area contributed by atoms with E-state index in [1.54, 1.807) is 47.3 Å². The molecule has 0 spiro atoms. The Morgan fingerprint density at radius 1 is 1.13 bits per heavy atom. The predicted octanol–water partition coefficient (Wildman–Crippen LogP) is 4.39. The third kappa shape index (κ3) is 3.17. The monoisotopic (exact) mass is 328 g/mol. The SMILES string of the molecule is CCn1cc(-c2ccc(Cl)cc2)c(=O)c(-c2cccc(F)c2)n1. The van der Waals surface area contributed by atoms with Gasteiger partial charge in [-0.2, -0.15) is 5.10 Å². The van der Waals surface area contributed by atoms with E-state index >= 15 is 0 Å². The summed E-state index contributed by atoms with van der Waals surface area (Å²) in [4.78, 5) is 12.8. The quantitative estimate of drug-likeness (QED) is 0.714. The zero-order valence-electron chi connectivity index (χ0n) is 12.5. The molecule has 0 N–H and O–H groups in total. The van der Waals surface area contributed by atoms with E-state index < -0.39 is 5.82 Å². The number of benzene rings is 2. The lowest BCUT2D eigenvalue weighted by molar-refractivity contribution is 0.626. The molecule has 0 radical (unpaired) electrons. The molecule has 1 aromatic heterocycles. The average Bonchev–Trinajstić information content (AvgIpc) is 2.56. The number of halogens is 2. The third-order valence-electron chi connectivity index (χ3n) is 3.54. The lowest BCUT2D eigenvalue weighted by Gasteiger charge is -2.10. The lowest BCUT2D eigenvalue weighted by atomic mass is 10.0. The number of hydrogen-bond donors (Lipinski definition) is 0. The lowest BCUT2D eigenvalue weighted by Crippen LogP contribution is -2.16. The molecule has 0 aliphatic rings. The van der Waals surface area contributed by atoms with Gasteiger partial charge in [-0.25, -0.2) is 4.39 Å². The maximum absolute atomic E-state index is 13.5. The van der Waals surface area contributed by atoms with Gasteiger partial charge in [0.15, 0.2) is 0 Å². The van der Waals surface area contributed by atoms with Gasteiger partial charge in [0.2, 0.25) is 5.43 Å². The summed E-state index contributed by atoms with van der Waals surface area (Å²) in [6.45, 7) is 2.53. The highest BCUT2D eigenvalue weighted by molar-refractivity contribution is 6.30. The highest BCUT2D eigenvalue weighted by atomic mass is 35.5. The fourth-order valence-corrected chi connectivity index (χ4v) is 2.49. The number of rotatable bonds is 3. The molecule has 0 bridgehead atoms. The van der Waals surface area contributed by atoms with E-state index in [2.05, 4.69) is 5.10 Å². The van der Waals surface area contributed by atoms with Crippen molar-refractivity contribution in [2.75, 3.05) is 0 Å². The fourth-order valence-electron chi connectivity index (χ4n) is 2.36. The predicted molar refractivity (Wildman–Crippen MR) is 90.0 cm³/mol. The van der Waals surface area contributed by atoms with Crippen molar-refractivity contribution in [3.63, 3.8) is 0 Å². The van der Waals surface area contributed by atoms with Crippen LogP contribution in [0.1, 0.15) is 6.92 Å². The second-order valence-electron chi connectivity index (χ2n) is 5.09. The van der Waals surface area contributed by atoms with Gasteiger partial charge in [0.05, 0.1) is 0 Å². The first-order valence-corrected chi connectivity index (χ1v) is 7.60. The highest BCUT2D eigenvalue weighted by Gasteiger charge is 2.13. The van der Waals surface area contributed by atoms with E-state index in [1.165, 1.54) is 12.1 Å². The van der Waals surface area contributed by atoms with Crippen LogP contribution in [-0.2, 0) is 6.54 Å². The van der Waals surface area contributed by atoms with Crippen molar-refractivity contribution in [2.45, 2.75) is 13.5 Å². The minimum absolute atomic E-state index is 0.234. The normalized spacial score (nSPS) is 10.7. The van der Waals surface area contributed by atoms with Crippen molar-refractivity contribution in [2.24, 2.45) is 0 Å². The van der Waals surface area contributed by atoms with E-state index in [0.717, 1.165) is 5.56 Å². The van der Waals surface area contributed by atoms with E-state index in [1.807, 2.05) is 6.92 Å². The van der Waals surface area contributed by atoms with Crippen LogP contribution in [0.15, 0.2) is 59.5 Å². The molecule has 23 heavy (non-hydrogen) atoms. The minimum Gasteiger partial charge on any atom is -0.287 e. The van der Waals surface area contributed by atoms with Crippen LogP contribution in [0.2, 0.25) is 5.02 Å². The van der Waals surface area contributed by atoms with Crippen molar-refractivity contribution in [3.05, 3.63) is 75.8 Å². The van der Waals surface area contributed by atoms with Crippen molar-refractivity contribution >= 4 is 11.6 Å². The Kier molecular flexibility index (Phi) is 4.26. The van der Waals surface area contributed by atoms with Gasteiger partial charge in [-0.15, -0.1) is 0 Å². The van der Waals surface area contributed by atoms with Crippen LogP contribution in [0.3, 0.4) is 0 Å². The van der Waals surface area contributed by atoms with Crippen LogP contribution in [0.5, 0.6) is 0 Å². The van der Waals surface area contributed by atoms with Crippen molar-refractivity contribution in [3.8, 4) is 22.4 Å². The Labute approximate surface area is 138 Å². The molecular weight excluding hydrogens is 315 g/mol. The van der Waals surface area contributed by atoms with Crippen LogP contribution in [0.4, 0.5) is 4.39 Å². The number of hydrogen-bond acceptors (Lipinski definition) is 2. The number of aryl methyl sites for hydroxylation is 1. The minimum atomic E-state index is -0.399. The van der Waals surface area contributed by atoms with Gasteiger partial charge in [0, 0.05) is 28.9 Å². The van der Waals surface area contributed by atoms with E-state index in [4.69, 9.17) is 11.6 Å². The molecule has 3 aromatic rings. The molecule has 0 aliphatic carbocycles. The van der Waals surface area contributed by atoms with E-state index in [-0.39, 0.29) is 11.1 Å². The molecule has 2 aromatic carbocycles. The van der Waals surface area contributed by atoms with Crippen molar-refractivity contribution < 1.29 is 4.39 Å². The zero-order chi connectivity index (χ0) is 16.4. The molecule has 3 nitrogen and oxygen atoms in total. The van der Waals surface area contributed by atoms with Gasteiger partial charge < -0.3 is 0 Å².